The molecule has 1 saturated heterocycles. The van der Waals surface area contributed by atoms with Crippen LogP contribution in [0.3, 0.4) is 0 Å². The Morgan fingerprint density at radius 2 is 2.04 bits per heavy atom. The number of sulfone groups is 1. The first-order valence-electron chi connectivity index (χ1n) is 7.72. The molecule has 0 amide bonds. The van der Waals surface area contributed by atoms with Crippen molar-refractivity contribution in [3.8, 4) is 0 Å². The SMILES string of the molecule is CS(=O)(=O)c1cccc(NC2CCOC(C3CC3)C2)c1[N+](=O)[O-]. The Bertz CT molecular complexity index is 715. The summed E-state index contributed by atoms with van der Waals surface area (Å²) in [6.07, 6.45) is 5.10. The summed E-state index contributed by atoms with van der Waals surface area (Å²) in [6, 6.07) is 4.43. The van der Waals surface area contributed by atoms with E-state index in [1.807, 2.05) is 0 Å². The molecule has 0 spiro atoms. The average Bonchev–Trinajstić information content (AvgIpc) is 3.31. The highest BCUT2D eigenvalue weighted by Crippen LogP contribution is 2.39. The minimum atomic E-state index is -3.66. The number of anilines is 1. The summed E-state index contributed by atoms with van der Waals surface area (Å²) in [4.78, 5) is 10.5. The maximum Gasteiger partial charge on any atom is 0.310 e. The van der Waals surface area contributed by atoms with Crippen LogP contribution in [0.5, 0.6) is 0 Å². The highest BCUT2D eigenvalue weighted by atomic mass is 32.2. The Hall–Kier alpha value is -1.67. The molecule has 0 aromatic heterocycles. The molecule has 3 rings (SSSR count). The Kier molecular flexibility index (Phi) is 4.29. The maximum absolute atomic E-state index is 11.8. The standard InChI is InChI=1S/C15H20N2O5S/c1-23(20,21)14-4-2-3-12(15(14)17(18)19)16-11-7-8-22-13(9-11)10-5-6-10/h2-4,10-11,13,16H,5-9H2,1H3. The van der Waals surface area contributed by atoms with Gasteiger partial charge in [-0.05, 0) is 43.7 Å². The van der Waals surface area contributed by atoms with E-state index in [1.54, 1.807) is 6.07 Å². The van der Waals surface area contributed by atoms with Crippen molar-refractivity contribution in [1.29, 1.82) is 0 Å². The maximum atomic E-state index is 11.8. The molecule has 7 nitrogen and oxygen atoms in total. The highest BCUT2D eigenvalue weighted by molar-refractivity contribution is 7.90. The fraction of sp³-hybridized carbons (Fsp3) is 0.600. The number of nitrogens with one attached hydrogen (secondary N) is 1. The van der Waals surface area contributed by atoms with Crippen LogP contribution in [0, 0.1) is 16.0 Å². The molecule has 0 bridgehead atoms. The van der Waals surface area contributed by atoms with E-state index in [0.717, 1.165) is 19.1 Å². The van der Waals surface area contributed by atoms with Crippen LogP contribution >= 0.6 is 0 Å². The van der Waals surface area contributed by atoms with Gasteiger partial charge in [0.15, 0.2) is 9.84 Å². The molecule has 2 atom stereocenters. The molecular weight excluding hydrogens is 320 g/mol. The molecule has 23 heavy (non-hydrogen) atoms. The normalized spacial score (nSPS) is 25.1. The second kappa shape index (κ2) is 6.09. The highest BCUT2D eigenvalue weighted by Gasteiger charge is 2.36. The number of hydrogen-bond acceptors (Lipinski definition) is 6. The minimum absolute atomic E-state index is 0.0582. The zero-order chi connectivity index (χ0) is 16.6. The fourth-order valence-corrected chi connectivity index (χ4v) is 3.96. The van der Waals surface area contributed by atoms with Gasteiger partial charge in [0.1, 0.15) is 10.6 Å². The van der Waals surface area contributed by atoms with E-state index in [2.05, 4.69) is 5.32 Å². The van der Waals surface area contributed by atoms with E-state index in [1.165, 1.54) is 25.0 Å². The lowest BCUT2D eigenvalue weighted by atomic mass is 9.99. The molecule has 1 saturated carbocycles. The molecule has 1 aliphatic carbocycles. The molecule has 1 heterocycles. The fourth-order valence-electron chi connectivity index (χ4n) is 3.10. The van der Waals surface area contributed by atoms with Gasteiger partial charge in [0.25, 0.3) is 0 Å². The van der Waals surface area contributed by atoms with Gasteiger partial charge < -0.3 is 10.1 Å². The molecule has 1 N–H and O–H groups in total. The van der Waals surface area contributed by atoms with Crippen LogP contribution in [0.1, 0.15) is 25.7 Å². The van der Waals surface area contributed by atoms with Gasteiger partial charge in [0.05, 0.1) is 11.0 Å². The molecule has 2 fully saturated rings. The van der Waals surface area contributed by atoms with Crippen LogP contribution in [0.15, 0.2) is 23.1 Å². The molecular formula is C15H20N2O5S. The summed E-state index contributed by atoms with van der Waals surface area (Å²) < 4.78 is 29.4. The van der Waals surface area contributed by atoms with Crippen LogP contribution < -0.4 is 5.32 Å². The number of nitro benzene ring substituents is 1. The van der Waals surface area contributed by atoms with Gasteiger partial charge in [-0.2, -0.15) is 0 Å². The lowest BCUT2D eigenvalue weighted by molar-refractivity contribution is -0.386. The van der Waals surface area contributed by atoms with Crippen molar-refractivity contribution in [2.45, 2.75) is 42.7 Å². The zero-order valence-corrected chi connectivity index (χ0v) is 13.7. The van der Waals surface area contributed by atoms with Crippen LogP contribution in [0.2, 0.25) is 0 Å². The first-order valence-corrected chi connectivity index (χ1v) is 9.61. The van der Waals surface area contributed by atoms with Crippen molar-refractivity contribution in [3.05, 3.63) is 28.3 Å². The Balaban J connectivity index is 1.86. The number of hydrogen-bond donors (Lipinski definition) is 1. The summed E-state index contributed by atoms with van der Waals surface area (Å²) in [7, 11) is -3.66. The molecule has 2 unspecified atom stereocenters. The molecule has 1 aliphatic heterocycles. The largest absolute Gasteiger partial charge is 0.378 e. The predicted molar refractivity (Wildman–Crippen MR) is 85.3 cm³/mol. The number of para-hydroxylation sites is 1. The Morgan fingerprint density at radius 1 is 1.30 bits per heavy atom. The first kappa shape index (κ1) is 16.2. The van der Waals surface area contributed by atoms with Crippen LogP contribution in [0.25, 0.3) is 0 Å². The third-order valence-corrected chi connectivity index (χ3v) is 5.53. The van der Waals surface area contributed by atoms with Crippen molar-refractivity contribution in [3.63, 3.8) is 0 Å². The summed E-state index contributed by atoms with van der Waals surface area (Å²) in [5, 5.41) is 14.6. The van der Waals surface area contributed by atoms with Gasteiger partial charge in [0, 0.05) is 18.9 Å². The summed E-state index contributed by atoms with van der Waals surface area (Å²) >= 11 is 0. The van der Waals surface area contributed by atoms with Crippen LogP contribution in [-0.4, -0.2) is 38.3 Å². The number of benzene rings is 1. The van der Waals surface area contributed by atoms with Gasteiger partial charge >= 0.3 is 5.69 Å². The van der Waals surface area contributed by atoms with Crippen molar-refractivity contribution in [1.82, 2.24) is 0 Å². The van der Waals surface area contributed by atoms with Gasteiger partial charge in [-0.15, -0.1) is 0 Å². The molecule has 1 aromatic rings. The molecule has 8 heteroatoms. The van der Waals surface area contributed by atoms with Gasteiger partial charge in [-0.3, -0.25) is 10.1 Å². The third kappa shape index (κ3) is 3.64. The molecule has 2 aliphatic rings. The average molecular weight is 340 g/mol. The van der Waals surface area contributed by atoms with Gasteiger partial charge in [0.2, 0.25) is 0 Å². The van der Waals surface area contributed by atoms with Crippen molar-refractivity contribution >= 4 is 21.2 Å². The smallest absolute Gasteiger partial charge is 0.310 e. The van der Waals surface area contributed by atoms with E-state index < -0.39 is 14.8 Å². The zero-order valence-electron chi connectivity index (χ0n) is 12.9. The number of nitrogens with zero attached hydrogens (tertiary/aromatic N) is 1. The molecule has 0 radical (unpaired) electrons. The summed E-state index contributed by atoms with van der Waals surface area (Å²) in [5.74, 6) is 0.608. The van der Waals surface area contributed by atoms with Gasteiger partial charge in [-0.25, -0.2) is 8.42 Å². The second-order valence-electron chi connectivity index (χ2n) is 6.29. The van der Waals surface area contributed by atoms with E-state index in [0.29, 0.717) is 12.5 Å². The Labute approximate surface area is 135 Å². The number of rotatable bonds is 5. The topological polar surface area (TPSA) is 98.5 Å². The van der Waals surface area contributed by atoms with Crippen LogP contribution in [-0.2, 0) is 14.6 Å². The van der Waals surface area contributed by atoms with E-state index in [4.69, 9.17) is 4.74 Å². The quantitative estimate of drug-likeness (QED) is 0.652. The Morgan fingerprint density at radius 3 is 2.65 bits per heavy atom. The van der Waals surface area contributed by atoms with E-state index in [9.17, 15) is 18.5 Å². The van der Waals surface area contributed by atoms with E-state index in [-0.39, 0.29) is 28.4 Å². The van der Waals surface area contributed by atoms with Crippen LogP contribution in [0.4, 0.5) is 11.4 Å². The summed E-state index contributed by atoms with van der Waals surface area (Å²) in [6.45, 7) is 0.623. The predicted octanol–water partition coefficient (Wildman–Crippen LogP) is 2.37. The number of ether oxygens (including phenoxy) is 1. The third-order valence-electron chi connectivity index (χ3n) is 4.40. The number of nitro groups is 1. The van der Waals surface area contributed by atoms with Crippen molar-refractivity contribution in [2.24, 2.45) is 5.92 Å². The monoisotopic (exact) mass is 340 g/mol. The summed E-state index contributed by atoms with van der Waals surface area (Å²) in [5.41, 5.74) is -0.108. The minimum Gasteiger partial charge on any atom is -0.378 e. The second-order valence-corrected chi connectivity index (χ2v) is 8.28. The molecule has 126 valence electrons. The van der Waals surface area contributed by atoms with Gasteiger partial charge in [-0.1, -0.05) is 6.07 Å². The first-order chi connectivity index (χ1) is 10.9. The van der Waals surface area contributed by atoms with Crippen molar-refractivity contribution < 1.29 is 18.1 Å². The van der Waals surface area contributed by atoms with Crippen molar-refractivity contribution in [2.75, 3.05) is 18.2 Å². The van der Waals surface area contributed by atoms with E-state index >= 15 is 0 Å². The lowest BCUT2D eigenvalue weighted by Crippen LogP contribution is -2.35. The lowest BCUT2D eigenvalue weighted by Gasteiger charge is -2.30. The molecule has 1 aromatic carbocycles.